The van der Waals surface area contributed by atoms with Crippen LogP contribution in [0, 0.1) is 0 Å². The lowest BCUT2D eigenvalue weighted by Crippen LogP contribution is -2.47. The predicted molar refractivity (Wildman–Crippen MR) is 114 cm³/mol. The standard InChI is InChI=1S/C22H27ClN2O2S/c23-19-11-7-8-17(14-19)16-28(26,27)25-15-20(18-9-3-1-4-10-18)22-21(25)12-5-2-6-13-24-22/h1,3-4,7-11,14,20-22,24H,2,5-6,12-13,15-16H2/t20-,21-,22-/m1/s1. The van der Waals surface area contributed by atoms with Crippen molar-refractivity contribution in [3.05, 3.63) is 70.7 Å². The summed E-state index contributed by atoms with van der Waals surface area (Å²) in [6.45, 7) is 1.49. The van der Waals surface area contributed by atoms with Gasteiger partial charge >= 0.3 is 0 Å². The van der Waals surface area contributed by atoms with E-state index in [1.807, 2.05) is 30.3 Å². The Morgan fingerprint density at radius 2 is 1.86 bits per heavy atom. The minimum atomic E-state index is -3.43. The molecule has 2 aromatic carbocycles. The second-order valence-electron chi connectivity index (χ2n) is 7.87. The molecule has 0 aromatic heterocycles. The van der Waals surface area contributed by atoms with E-state index in [0.717, 1.165) is 37.8 Å². The first-order chi connectivity index (χ1) is 13.5. The SMILES string of the molecule is O=S(=O)(Cc1cccc(Cl)c1)N1C[C@H](c2ccccc2)[C@H]2NCCCCC[C@H]21. The highest BCUT2D eigenvalue weighted by atomic mass is 35.5. The van der Waals surface area contributed by atoms with E-state index < -0.39 is 10.0 Å². The smallest absolute Gasteiger partial charge is 0.218 e. The van der Waals surface area contributed by atoms with Crippen molar-refractivity contribution in [3.63, 3.8) is 0 Å². The van der Waals surface area contributed by atoms with E-state index in [-0.39, 0.29) is 23.8 Å². The van der Waals surface area contributed by atoms with Gasteiger partial charge in [-0.3, -0.25) is 0 Å². The molecule has 6 heteroatoms. The van der Waals surface area contributed by atoms with Gasteiger partial charge in [0.25, 0.3) is 0 Å². The van der Waals surface area contributed by atoms with Crippen LogP contribution in [0.15, 0.2) is 54.6 Å². The van der Waals surface area contributed by atoms with Crippen LogP contribution in [0.2, 0.25) is 5.02 Å². The molecule has 2 aromatic rings. The predicted octanol–water partition coefficient (Wildman–Crippen LogP) is 4.17. The summed E-state index contributed by atoms with van der Waals surface area (Å²) in [4.78, 5) is 0. The van der Waals surface area contributed by atoms with Crippen LogP contribution in [0.5, 0.6) is 0 Å². The van der Waals surface area contributed by atoms with Crippen LogP contribution >= 0.6 is 11.6 Å². The molecule has 3 atom stereocenters. The maximum atomic E-state index is 13.4. The van der Waals surface area contributed by atoms with Crippen LogP contribution in [-0.2, 0) is 15.8 Å². The van der Waals surface area contributed by atoms with E-state index in [2.05, 4.69) is 17.4 Å². The third-order valence-electron chi connectivity index (χ3n) is 5.97. The molecule has 0 spiro atoms. The minimum absolute atomic E-state index is 0.00170. The lowest BCUT2D eigenvalue weighted by atomic mass is 9.88. The molecule has 2 saturated heterocycles. The molecule has 2 aliphatic rings. The topological polar surface area (TPSA) is 49.4 Å². The summed E-state index contributed by atoms with van der Waals surface area (Å²) in [5.74, 6) is 0.177. The first-order valence-corrected chi connectivity index (χ1v) is 12.1. The van der Waals surface area contributed by atoms with Crippen molar-refractivity contribution < 1.29 is 8.42 Å². The van der Waals surface area contributed by atoms with E-state index in [1.54, 1.807) is 16.4 Å². The van der Waals surface area contributed by atoms with Gasteiger partial charge in [-0.25, -0.2) is 8.42 Å². The van der Waals surface area contributed by atoms with Gasteiger partial charge in [-0.1, -0.05) is 66.9 Å². The van der Waals surface area contributed by atoms with Crippen LogP contribution < -0.4 is 5.32 Å². The zero-order valence-corrected chi connectivity index (χ0v) is 17.5. The summed E-state index contributed by atoms with van der Waals surface area (Å²) in [5.41, 5.74) is 1.96. The first kappa shape index (κ1) is 19.9. The van der Waals surface area contributed by atoms with E-state index in [1.165, 1.54) is 5.56 Å². The maximum absolute atomic E-state index is 13.4. The highest BCUT2D eigenvalue weighted by Gasteiger charge is 2.46. The molecular formula is C22H27ClN2O2S. The number of nitrogens with one attached hydrogen (secondary N) is 1. The Labute approximate surface area is 172 Å². The molecule has 28 heavy (non-hydrogen) atoms. The number of hydrogen-bond donors (Lipinski definition) is 1. The quantitative estimate of drug-likeness (QED) is 0.810. The lowest BCUT2D eigenvalue weighted by molar-refractivity contribution is 0.302. The second-order valence-corrected chi connectivity index (χ2v) is 10.2. The molecule has 2 heterocycles. The normalized spacial score (nSPS) is 26.4. The molecule has 1 N–H and O–H groups in total. The molecule has 0 bridgehead atoms. The minimum Gasteiger partial charge on any atom is -0.312 e. The van der Waals surface area contributed by atoms with Crippen molar-refractivity contribution in [1.82, 2.24) is 9.62 Å². The molecule has 4 rings (SSSR count). The summed E-state index contributed by atoms with van der Waals surface area (Å²) in [6, 6.07) is 17.7. The van der Waals surface area contributed by atoms with Crippen LogP contribution in [0.25, 0.3) is 0 Å². The highest BCUT2D eigenvalue weighted by Crippen LogP contribution is 2.38. The van der Waals surface area contributed by atoms with Crippen molar-refractivity contribution in [2.24, 2.45) is 0 Å². The summed E-state index contributed by atoms with van der Waals surface area (Å²) in [6.07, 6.45) is 4.29. The third kappa shape index (κ3) is 4.28. The van der Waals surface area contributed by atoms with Gasteiger partial charge in [-0.05, 0) is 42.6 Å². The van der Waals surface area contributed by atoms with E-state index in [0.29, 0.717) is 11.6 Å². The molecule has 2 aliphatic heterocycles. The zero-order valence-electron chi connectivity index (χ0n) is 15.9. The zero-order chi connectivity index (χ0) is 19.6. The van der Waals surface area contributed by atoms with E-state index >= 15 is 0 Å². The number of sulfonamides is 1. The number of halogens is 1. The molecular weight excluding hydrogens is 392 g/mol. The summed E-state index contributed by atoms with van der Waals surface area (Å²) >= 11 is 6.07. The van der Waals surface area contributed by atoms with Gasteiger partial charge in [-0.15, -0.1) is 0 Å². The van der Waals surface area contributed by atoms with Crippen molar-refractivity contribution in [1.29, 1.82) is 0 Å². The van der Waals surface area contributed by atoms with Crippen LogP contribution in [0.4, 0.5) is 0 Å². The molecule has 150 valence electrons. The molecule has 0 radical (unpaired) electrons. The summed E-state index contributed by atoms with van der Waals surface area (Å²) in [5, 5.41) is 4.25. The fraction of sp³-hybridized carbons (Fsp3) is 0.455. The number of hydrogen-bond acceptors (Lipinski definition) is 3. The number of benzene rings is 2. The third-order valence-corrected chi connectivity index (χ3v) is 8.04. The summed E-state index contributed by atoms with van der Waals surface area (Å²) in [7, 11) is -3.43. The van der Waals surface area contributed by atoms with Crippen LogP contribution in [0.3, 0.4) is 0 Å². The Hall–Kier alpha value is -1.40. The average molecular weight is 419 g/mol. The van der Waals surface area contributed by atoms with Gasteiger partial charge in [0, 0.05) is 29.6 Å². The average Bonchev–Trinajstić information content (AvgIpc) is 3.00. The van der Waals surface area contributed by atoms with Crippen molar-refractivity contribution in [2.45, 2.75) is 49.4 Å². The maximum Gasteiger partial charge on any atom is 0.218 e. The van der Waals surface area contributed by atoms with E-state index in [4.69, 9.17) is 11.6 Å². The first-order valence-electron chi connectivity index (χ1n) is 10.1. The van der Waals surface area contributed by atoms with Crippen molar-refractivity contribution in [2.75, 3.05) is 13.1 Å². The Morgan fingerprint density at radius 1 is 1.04 bits per heavy atom. The van der Waals surface area contributed by atoms with Gasteiger partial charge in [0.2, 0.25) is 10.0 Å². The monoisotopic (exact) mass is 418 g/mol. The van der Waals surface area contributed by atoms with Gasteiger partial charge in [0.05, 0.1) is 5.75 Å². The molecule has 0 aliphatic carbocycles. The van der Waals surface area contributed by atoms with Gasteiger partial charge < -0.3 is 5.32 Å². The number of fused-ring (bicyclic) bond motifs is 1. The molecule has 0 saturated carbocycles. The van der Waals surface area contributed by atoms with Gasteiger partial charge in [0.15, 0.2) is 0 Å². The van der Waals surface area contributed by atoms with Crippen LogP contribution in [0.1, 0.15) is 42.7 Å². The van der Waals surface area contributed by atoms with Gasteiger partial charge in [0.1, 0.15) is 0 Å². The molecule has 4 nitrogen and oxygen atoms in total. The van der Waals surface area contributed by atoms with E-state index in [9.17, 15) is 8.42 Å². The number of nitrogens with zero attached hydrogens (tertiary/aromatic N) is 1. The lowest BCUT2D eigenvalue weighted by Gasteiger charge is -2.31. The van der Waals surface area contributed by atoms with Crippen LogP contribution in [-0.4, -0.2) is 37.9 Å². The molecule has 0 unspecified atom stereocenters. The second kappa shape index (κ2) is 8.54. The highest BCUT2D eigenvalue weighted by molar-refractivity contribution is 7.88. The molecule has 0 amide bonds. The van der Waals surface area contributed by atoms with Gasteiger partial charge in [-0.2, -0.15) is 4.31 Å². The Morgan fingerprint density at radius 3 is 2.64 bits per heavy atom. The number of rotatable bonds is 4. The van der Waals surface area contributed by atoms with Crippen molar-refractivity contribution >= 4 is 21.6 Å². The fourth-order valence-corrected chi connectivity index (χ4v) is 6.69. The Balaban J connectivity index is 1.64. The fourth-order valence-electron chi connectivity index (χ4n) is 4.67. The molecule has 2 fully saturated rings. The summed E-state index contributed by atoms with van der Waals surface area (Å²) < 4.78 is 28.6. The van der Waals surface area contributed by atoms with Crippen molar-refractivity contribution in [3.8, 4) is 0 Å². The Kier molecular flexibility index (Phi) is 6.07. The Bertz CT molecular complexity index is 904. The largest absolute Gasteiger partial charge is 0.312 e.